The quantitative estimate of drug-likeness (QED) is 0.799. The van der Waals surface area contributed by atoms with Crippen molar-refractivity contribution < 1.29 is 9.52 Å². The second-order valence-electron chi connectivity index (χ2n) is 2.97. The monoisotopic (exact) mass is 202 g/mol. The molecule has 0 spiro atoms. The topological polar surface area (TPSA) is 59.2 Å². The van der Waals surface area contributed by atoms with Crippen LogP contribution in [0, 0.1) is 6.92 Å². The number of aryl methyl sites for hydroxylation is 1. The van der Waals surface area contributed by atoms with Gasteiger partial charge in [0.1, 0.15) is 0 Å². The summed E-state index contributed by atoms with van der Waals surface area (Å²) in [6, 6.07) is 0. The van der Waals surface area contributed by atoms with Gasteiger partial charge >= 0.3 is 0 Å². The van der Waals surface area contributed by atoms with Gasteiger partial charge in [-0.25, -0.2) is 0 Å². The molecule has 74 valence electrons. The van der Waals surface area contributed by atoms with Gasteiger partial charge in [0, 0.05) is 12.2 Å². The standard InChI is InChI=1S/C8H14N2O2S/c1-5(11)6(2)13-4-8-10-9-7(3)12-8/h5-6,11H,4H2,1-3H3. The maximum absolute atomic E-state index is 9.22. The Kier molecular flexibility index (Phi) is 3.74. The number of thioether (sulfide) groups is 1. The van der Waals surface area contributed by atoms with Gasteiger partial charge in [-0.2, -0.15) is 0 Å². The van der Waals surface area contributed by atoms with Gasteiger partial charge < -0.3 is 9.52 Å². The minimum Gasteiger partial charge on any atom is -0.425 e. The van der Waals surface area contributed by atoms with E-state index in [2.05, 4.69) is 10.2 Å². The molecule has 0 fully saturated rings. The highest BCUT2D eigenvalue weighted by Gasteiger charge is 2.11. The zero-order chi connectivity index (χ0) is 9.84. The van der Waals surface area contributed by atoms with Crippen LogP contribution in [0.3, 0.4) is 0 Å². The molecule has 0 aliphatic carbocycles. The average Bonchev–Trinajstić information content (AvgIpc) is 2.47. The zero-order valence-corrected chi connectivity index (χ0v) is 8.84. The number of aliphatic hydroxyl groups is 1. The number of hydrogen-bond donors (Lipinski definition) is 1. The molecule has 0 saturated carbocycles. The molecule has 0 aliphatic heterocycles. The third-order valence-electron chi connectivity index (χ3n) is 1.72. The summed E-state index contributed by atoms with van der Waals surface area (Å²) in [6.07, 6.45) is -0.311. The predicted octanol–water partition coefficient (Wildman–Crippen LogP) is 1.38. The molecule has 0 bridgehead atoms. The molecule has 0 aliphatic rings. The molecule has 1 heterocycles. The fourth-order valence-corrected chi connectivity index (χ4v) is 1.54. The van der Waals surface area contributed by atoms with Gasteiger partial charge in [0.2, 0.25) is 11.8 Å². The Morgan fingerprint density at radius 2 is 2.15 bits per heavy atom. The lowest BCUT2D eigenvalue weighted by Gasteiger charge is -2.11. The largest absolute Gasteiger partial charge is 0.425 e. The van der Waals surface area contributed by atoms with Crippen molar-refractivity contribution in [3.63, 3.8) is 0 Å². The lowest BCUT2D eigenvalue weighted by molar-refractivity contribution is 0.196. The minimum atomic E-state index is -0.311. The molecule has 4 nitrogen and oxygen atoms in total. The molecule has 0 aromatic carbocycles. The van der Waals surface area contributed by atoms with Gasteiger partial charge in [0.05, 0.1) is 11.9 Å². The lowest BCUT2D eigenvalue weighted by Crippen LogP contribution is -2.15. The van der Waals surface area contributed by atoms with Crippen LogP contribution in [-0.2, 0) is 5.75 Å². The second-order valence-corrected chi connectivity index (χ2v) is 4.34. The van der Waals surface area contributed by atoms with E-state index in [0.29, 0.717) is 17.5 Å². The maximum atomic E-state index is 9.22. The summed E-state index contributed by atoms with van der Waals surface area (Å²) in [7, 11) is 0. The average molecular weight is 202 g/mol. The molecular weight excluding hydrogens is 188 g/mol. The summed E-state index contributed by atoms with van der Waals surface area (Å²) >= 11 is 1.60. The van der Waals surface area contributed by atoms with Crippen LogP contribution in [-0.4, -0.2) is 26.7 Å². The number of hydrogen-bond acceptors (Lipinski definition) is 5. The Hall–Kier alpha value is -0.550. The Balaban J connectivity index is 2.35. The van der Waals surface area contributed by atoms with Crippen molar-refractivity contribution in [2.24, 2.45) is 0 Å². The predicted molar refractivity (Wildman–Crippen MR) is 51.5 cm³/mol. The summed E-state index contributed by atoms with van der Waals surface area (Å²) in [5, 5.41) is 17.0. The first kappa shape index (κ1) is 10.5. The van der Waals surface area contributed by atoms with Gasteiger partial charge in [-0.3, -0.25) is 0 Å². The van der Waals surface area contributed by atoms with E-state index in [1.165, 1.54) is 0 Å². The fraction of sp³-hybridized carbons (Fsp3) is 0.750. The van der Waals surface area contributed by atoms with E-state index in [9.17, 15) is 5.11 Å². The SMILES string of the molecule is Cc1nnc(CSC(C)C(C)O)o1. The smallest absolute Gasteiger partial charge is 0.226 e. The Morgan fingerprint density at radius 3 is 2.62 bits per heavy atom. The summed E-state index contributed by atoms with van der Waals surface area (Å²) < 4.78 is 5.19. The molecule has 5 heteroatoms. The molecule has 1 rings (SSSR count). The van der Waals surface area contributed by atoms with Gasteiger partial charge in [-0.05, 0) is 6.92 Å². The molecule has 1 aromatic heterocycles. The third kappa shape index (κ3) is 3.36. The fourth-order valence-electron chi connectivity index (χ4n) is 0.738. The zero-order valence-electron chi connectivity index (χ0n) is 8.02. The molecule has 1 N–H and O–H groups in total. The van der Waals surface area contributed by atoms with Crippen LogP contribution >= 0.6 is 11.8 Å². The van der Waals surface area contributed by atoms with E-state index in [1.807, 2.05) is 6.92 Å². The Bertz CT molecular complexity index is 262. The Labute approximate surface area is 81.7 Å². The molecule has 0 saturated heterocycles. The number of aliphatic hydroxyl groups excluding tert-OH is 1. The molecule has 13 heavy (non-hydrogen) atoms. The van der Waals surface area contributed by atoms with Crippen molar-refractivity contribution in [3.05, 3.63) is 11.8 Å². The molecule has 0 radical (unpaired) electrons. The highest BCUT2D eigenvalue weighted by Crippen LogP contribution is 2.18. The van der Waals surface area contributed by atoms with Crippen LogP contribution in [0.1, 0.15) is 25.6 Å². The summed E-state index contributed by atoms with van der Waals surface area (Å²) in [6.45, 7) is 5.51. The molecule has 2 unspecified atom stereocenters. The van der Waals surface area contributed by atoms with Gasteiger partial charge in [-0.1, -0.05) is 6.92 Å². The first-order valence-corrected chi connectivity index (χ1v) is 5.23. The normalized spacial score (nSPS) is 15.7. The van der Waals surface area contributed by atoms with Crippen LogP contribution in [0.15, 0.2) is 4.42 Å². The van der Waals surface area contributed by atoms with Crippen molar-refractivity contribution >= 4 is 11.8 Å². The van der Waals surface area contributed by atoms with E-state index in [-0.39, 0.29) is 11.4 Å². The van der Waals surface area contributed by atoms with E-state index in [0.717, 1.165) is 0 Å². The molecular formula is C8H14N2O2S. The first-order chi connectivity index (χ1) is 6.09. The van der Waals surface area contributed by atoms with E-state index < -0.39 is 0 Å². The second kappa shape index (κ2) is 4.62. The van der Waals surface area contributed by atoms with Crippen LogP contribution in [0.25, 0.3) is 0 Å². The maximum Gasteiger partial charge on any atom is 0.226 e. The number of nitrogens with zero attached hydrogens (tertiary/aromatic N) is 2. The van der Waals surface area contributed by atoms with Gasteiger partial charge in [0.15, 0.2) is 0 Å². The first-order valence-electron chi connectivity index (χ1n) is 4.18. The van der Waals surface area contributed by atoms with Gasteiger partial charge in [0.25, 0.3) is 0 Å². The van der Waals surface area contributed by atoms with Crippen LogP contribution in [0.5, 0.6) is 0 Å². The van der Waals surface area contributed by atoms with Crippen LogP contribution in [0.4, 0.5) is 0 Å². The Morgan fingerprint density at radius 1 is 1.46 bits per heavy atom. The van der Waals surface area contributed by atoms with Gasteiger partial charge in [-0.15, -0.1) is 22.0 Å². The molecule has 2 atom stereocenters. The summed E-state index contributed by atoms with van der Waals surface area (Å²) in [5.41, 5.74) is 0. The van der Waals surface area contributed by atoms with Crippen molar-refractivity contribution in [1.82, 2.24) is 10.2 Å². The molecule has 0 amide bonds. The third-order valence-corrected chi connectivity index (χ3v) is 3.05. The van der Waals surface area contributed by atoms with E-state index >= 15 is 0 Å². The minimum absolute atomic E-state index is 0.187. The van der Waals surface area contributed by atoms with Crippen LogP contribution < -0.4 is 0 Å². The molecule has 1 aromatic rings. The van der Waals surface area contributed by atoms with Crippen molar-refractivity contribution in [1.29, 1.82) is 0 Å². The van der Waals surface area contributed by atoms with Crippen molar-refractivity contribution in [2.75, 3.05) is 0 Å². The highest BCUT2D eigenvalue weighted by molar-refractivity contribution is 7.99. The van der Waals surface area contributed by atoms with Crippen molar-refractivity contribution in [3.8, 4) is 0 Å². The van der Waals surface area contributed by atoms with E-state index in [4.69, 9.17) is 4.42 Å². The van der Waals surface area contributed by atoms with Crippen LogP contribution in [0.2, 0.25) is 0 Å². The van der Waals surface area contributed by atoms with E-state index in [1.54, 1.807) is 25.6 Å². The summed E-state index contributed by atoms with van der Waals surface area (Å²) in [5.74, 6) is 1.86. The van der Waals surface area contributed by atoms with Crippen molar-refractivity contribution in [2.45, 2.75) is 37.9 Å². The number of rotatable bonds is 4. The summed E-state index contributed by atoms with van der Waals surface area (Å²) in [4.78, 5) is 0. The lowest BCUT2D eigenvalue weighted by atomic mass is 10.3. The highest BCUT2D eigenvalue weighted by atomic mass is 32.2. The number of aromatic nitrogens is 2.